The SMILES string of the molecule is CC(=O)CCc1cccc(F)c1Cl. The van der Waals surface area contributed by atoms with E-state index in [1.165, 1.54) is 13.0 Å². The monoisotopic (exact) mass is 200 g/mol. The molecule has 0 atom stereocenters. The first-order chi connectivity index (χ1) is 6.11. The fourth-order valence-electron chi connectivity index (χ4n) is 1.05. The summed E-state index contributed by atoms with van der Waals surface area (Å²) in [5.74, 6) is -0.344. The summed E-state index contributed by atoms with van der Waals surface area (Å²) in [6.45, 7) is 1.51. The minimum absolute atomic E-state index is 0.0836. The topological polar surface area (TPSA) is 17.1 Å². The maximum absolute atomic E-state index is 12.9. The molecule has 0 N–H and O–H groups in total. The Bertz CT molecular complexity index is 323. The molecule has 1 aromatic rings. The predicted molar refractivity (Wildman–Crippen MR) is 50.4 cm³/mol. The van der Waals surface area contributed by atoms with Gasteiger partial charge in [-0.2, -0.15) is 0 Å². The van der Waals surface area contributed by atoms with Gasteiger partial charge in [-0.1, -0.05) is 23.7 Å². The number of ketones is 1. The second-order valence-corrected chi connectivity index (χ2v) is 3.29. The summed E-state index contributed by atoms with van der Waals surface area (Å²) in [7, 11) is 0. The highest BCUT2D eigenvalue weighted by Crippen LogP contribution is 2.20. The van der Waals surface area contributed by atoms with Gasteiger partial charge in [-0.15, -0.1) is 0 Å². The zero-order chi connectivity index (χ0) is 9.84. The summed E-state index contributed by atoms with van der Waals surface area (Å²) in [4.78, 5) is 10.7. The van der Waals surface area contributed by atoms with Gasteiger partial charge in [0.15, 0.2) is 0 Å². The molecule has 0 fully saturated rings. The molecule has 0 heterocycles. The van der Waals surface area contributed by atoms with E-state index in [-0.39, 0.29) is 10.8 Å². The van der Waals surface area contributed by atoms with Crippen LogP contribution in [-0.4, -0.2) is 5.78 Å². The third-order valence-electron chi connectivity index (χ3n) is 1.78. The van der Waals surface area contributed by atoms with Gasteiger partial charge < -0.3 is 4.79 Å². The predicted octanol–water partition coefficient (Wildman–Crippen LogP) is 3.00. The van der Waals surface area contributed by atoms with Gasteiger partial charge in [0.1, 0.15) is 11.6 Å². The zero-order valence-electron chi connectivity index (χ0n) is 7.31. The molecule has 0 radical (unpaired) electrons. The Morgan fingerprint density at radius 3 is 2.85 bits per heavy atom. The number of Topliss-reactive ketones (excluding diaryl/α,β-unsaturated/α-hetero) is 1. The van der Waals surface area contributed by atoms with Crippen molar-refractivity contribution in [2.24, 2.45) is 0 Å². The minimum Gasteiger partial charge on any atom is -0.300 e. The van der Waals surface area contributed by atoms with E-state index in [9.17, 15) is 9.18 Å². The van der Waals surface area contributed by atoms with E-state index >= 15 is 0 Å². The van der Waals surface area contributed by atoms with E-state index in [0.29, 0.717) is 18.4 Å². The van der Waals surface area contributed by atoms with Crippen LogP contribution in [0.15, 0.2) is 18.2 Å². The van der Waals surface area contributed by atoms with E-state index in [0.717, 1.165) is 0 Å². The normalized spacial score (nSPS) is 10.1. The lowest BCUT2D eigenvalue weighted by Crippen LogP contribution is -1.95. The molecule has 3 heteroatoms. The fraction of sp³-hybridized carbons (Fsp3) is 0.300. The van der Waals surface area contributed by atoms with Crippen LogP contribution in [0.25, 0.3) is 0 Å². The van der Waals surface area contributed by atoms with Crippen LogP contribution in [0.2, 0.25) is 5.02 Å². The number of hydrogen-bond donors (Lipinski definition) is 0. The number of benzene rings is 1. The van der Waals surface area contributed by atoms with Crippen molar-refractivity contribution >= 4 is 17.4 Å². The quantitative estimate of drug-likeness (QED) is 0.733. The molecule has 0 bridgehead atoms. The molecular weight excluding hydrogens is 191 g/mol. The van der Waals surface area contributed by atoms with Gasteiger partial charge in [-0.05, 0) is 25.0 Å². The highest BCUT2D eigenvalue weighted by molar-refractivity contribution is 6.31. The van der Waals surface area contributed by atoms with Crippen molar-refractivity contribution in [3.05, 3.63) is 34.6 Å². The van der Waals surface area contributed by atoms with Crippen LogP contribution in [0, 0.1) is 5.82 Å². The standard InChI is InChI=1S/C10H10ClFO/c1-7(13)5-6-8-3-2-4-9(12)10(8)11/h2-4H,5-6H2,1H3. The van der Waals surface area contributed by atoms with E-state index in [1.54, 1.807) is 12.1 Å². The zero-order valence-corrected chi connectivity index (χ0v) is 8.07. The van der Waals surface area contributed by atoms with E-state index in [4.69, 9.17) is 11.6 Å². The van der Waals surface area contributed by atoms with Crippen molar-refractivity contribution in [1.29, 1.82) is 0 Å². The lowest BCUT2D eigenvalue weighted by atomic mass is 10.1. The summed E-state index contributed by atoms with van der Waals surface area (Å²) in [5.41, 5.74) is 0.692. The van der Waals surface area contributed by atoms with E-state index in [1.807, 2.05) is 0 Å². The van der Waals surface area contributed by atoms with Gasteiger partial charge in [0.05, 0.1) is 5.02 Å². The van der Waals surface area contributed by atoms with Crippen LogP contribution in [0.5, 0.6) is 0 Å². The molecule has 0 aromatic heterocycles. The smallest absolute Gasteiger partial charge is 0.142 e. The number of hydrogen-bond acceptors (Lipinski definition) is 1. The van der Waals surface area contributed by atoms with Crippen molar-refractivity contribution in [2.75, 3.05) is 0 Å². The summed E-state index contributed by atoms with van der Waals surface area (Å²) < 4.78 is 12.9. The Labute approximate surface area is 81.5 Å². The largest absolute Gasteiger partial charge is 0.300 e. The third kappa shape index (κ3) is 2.81. The highest BCUT2D eigenvalue weighted by Gasteiger charge is 2.05. The van der Waals surface area contributed by atoms with Crippen LogP contribution < -0.4 is 0 Å². The fourth-order valence-corrected chi connectivity index (χ4v) is 1.27. The molecule has 1 aromatic carbocycles. The summed E-state index contributed by atoms with van der Waals surface area (Å²) in [6, 6.07) is 4.63. The molecule has 70 valence electrons. The second-order valence-electron chi connectivity index (χ2n) is 2.91. The molecule has 0 saturated carbocycles. The molecular formula is C10H10ClFO. The average Bonchev–Trinajstić information content (AvgIpc) is 2.07. The minimum atomic E-state index is -0.428. The summed E-state index contributed by atoms with van der Waals surface area (Å²) in [6.07, 6.45) is 0.912. The molecule has 0 unspecified atom stereocenters. The molecule has 0 aliphatic carbocycles. The number of halogens is 2. The van der Waals surface area contributed by atoms with Gasteiger partial charge in [-0.25, -0.2) is 4.39 Å². The Morgan fingerprint density at radius 2 is 2.23 bits per heavy atom. The van der Waals surface area contributed by atoms with E-state index in [2.05, 4.69) is 0 Å². The second kappa shape index (κ2) is 4.38. The van der Waals surface area contributed by atoms with Gasteiger partial charge in [0, 0.05) is 6.42 Å². The van der Waals surface area contributed by atoms with Gasteiger partial charge in [0.2, 0.25) is 0 Å². The highest BCUT2D eigenvalue weighted by atomic mass is 35.5. The lowest BCUT2D eigenvalue weighted by Gasteiger charge is -2.02. The number of aryl methyl sites for hydroxylation is 1. The van der Waals surface area contributed by atoms with Crippen molar-refractivity contribution in [1.82, 2.24) is 0 Å². The number of rotatable bonds is 3. The Kier molecular flexibility index (Phi) is 3.43. The first kappa shape index (κ1) is 10.2. The van der Waals surface area contributed by atoms with Gasteiger partial charge in [0.25, 0.3) is 0 Å². The van der Waals surface area contributed by atoms with Crippen molar-refractivity contribution in [2.45, 2.75) is 19.8 Å². The number of carbonyl (C=O) groups is 1. The molecule has 1 rings (SSSR count). The third-order valence-corrected chi connectivity index (χ3v) is 2.20. The van der Waals surface area contributed by atoms with Crippen LogP contribution in [-0.2, 0) is 11.2 Å². The van der Waals surface area contributed by atoms with E-state index < -0.39 is 5.82 Å². The van der Waals surface area contributed by atoms with Crippen LogP contribution in [0.3, 0.4) is 0 Å². The van der Waals surface area contributed by atoms with Crippen LogP contribution in [0.1, 0.15) is 18.9 Å². The average molecular weight is 201 g/mol. The molecule has 0 aliphatic rings. The lowest BCUT2D eigenvalue weighted by molar-refractivity contribution is -0.116. The summed E-state index contributed by atoms with van der Waals surface area (Å²) in [5, 5.41) is 0.128. The van der Waals surface area contributed by atoms with Crippen LogP contribution in [0.4, 0.5) is 4.39 Å². The van der Waals surface area contributed by atoms with Crippen molar-refractivity contribution in [3.8, 4) is 0 Å². The van der Waals surface area contributed by atoms with Gasteiger partial charge in [-0.3, -0.25) is 0 Å². The first-order valence-corrected chi connectivity index (χ1v) is 4.41. The first-order valence-electron chi connectivity index (χ1n) is 4.03. The Morgan fingerprint density at radius 1 is 1.54 bits per heavy atom. The molecule has 0 aliphatic heterocycles. The molecule has 0 amide bonds. The Hall–Kier alpha value is -0.890. The van der Waals surface area contributed by atoms with Crippen molar-refractivity contribution in [3.63, 3.8) is 0 Å². The maximum atomic E-state index is 12.9. The molecule has 13 heavy (non-hydrogen) atoms. The number of carbonyl (C=O) groups excluding carboxylic acids is 1. The summed E-state index contributed by atoms with van der Waals surface area (Å²) >= 11 is 5.69. The van der Waals surface area contributed by atoms with Crippen LogP contribution >= 0.6 is 11.6 Å². The molecule has 0 saturated heterocycles. The molecule has 1 nitrogen and oxygen atoms in total. The van der Waals surface area contributed by atoms with Crippen molar-refractivity contribution < 1.29 is 9.18 Å². The maximum Gasteiger partial charge on any atom is 0.142 e. The Balaban J connectivity index is 2.77. The van der Waals surface area contributed by atoms with Gasteiger partial charge >= 0.3 is 0 Å². The molecule has 0 spiro atoms.